The minimum Gasteiger partial charge on any atom is -0.497 e. The summed E-state index contributed by atoms with van der Waals surface area (Å²) in [7, 11) is 2.84. The largest absolute Gasteiger partial charge is 0.497 e. The highest BCUT2D eigenvalue weighted by Gasteiger charge is 2.10. The van der Waals surface area contributed by atoms with E-state index in [0.717, 1.165) is 10.8 Å². The maximum atomic E-state index is 11.4. The number of hydrogen-bond donors (Lipinski definition) is 3. The Kier molecular flexibility index (Phi) is 3.74. The predicted molar refractivity (Wildman–Crippen MR) is 77.5 cm³/mol. The van der Waals surface area contributed by atoms with E-state index in [9.17, 15) is 4.79 Å². The van der Waals surface area contributed by atoms with Crippen molar-refractivity contribution in [3.8, 4) is 5.75 Å². The number of benzene rings is 2. The Morgan fingerprint density at radius 2 is 2.00 bits per heavy atom. The number of anilines is 1. The van der Waals surface area contributed by atoms with Gasteiger partial charge in [0.2, 0.25) is 0 Å². The van der Waals surface area contributed by atoms with Gasteiger partial charge in [-0.2, -0.15) is 0 Å². The molecule has 0 spiro atoms. The molecule has 0 saturated carbocycles. The number of amidine groups is 1. The van der Waals surface area contributed by atoms with Crippen LogP contribution in [0.1, 0.15) is 5.56 Å². The number of nitrogens with one attached hydrogen (secondary N) is 2. The number of carbonyl (C=O) groups excluding carboxylic acids is 1. The van der Waals surface area contributed by atoms with Gasteiger partial charge in [-0.25, -0.2) is 4.79 Å². The average molecular weight is 273 g/mol. The van der Waals surface area contributed by atoms with Gasteiger partial charge < -0.3 is 15.2 Å². The van der Waals surface area contributed by atoms with Crippen LogP contribution in [0.5, 0.6) is 5.75 Å². The second-order valence-electron chi connectivity index (χ2n) is 4.14. The van der Waals surface area contributed by atoms with E-state index in [1.165, 1.54) is 7.11 Å². The molecular weight excluding hydrogens is 258 g/mol. The molecule has 0 saturated heterocycles. The SMILES string of the molecule is COC(=O)Nc1cc(OC)cc2ccc(C(=N)N)cc12. The molecule has 0 aliphatic rings. The third-order valence-electron chi connectivity index (χ3n) is 2.90. The minimum absolute atomic E-state index is 0.0354. The summed E-state index contributed by atoms with van der Waals surface area (Å²) in [5.41, 5.74) is 6.60. The van der Waals surface area contributed by atoms with E-state index in [-0.39, 0.29) is 5.84 Å². The number of methoxy groups -OCH3 is 2. The second kappa shape index (κ2) is 5.48. The first-order valence-electron chi connectivity index (χ1n) is 5.86. The van der Waals surface area contributed by atoms with Gasteiger partial charge in [0.25, 0.3) is 0 Å². The lowest BCUT2D eigenvalue weighted by Crippen LogP contribution is -2.13. The lowest BCUT2D eigenvalue weighted by atomic mass is 10.0. The van der Waals surface area contributed by atoms with Crippen molar-refractivity contribution in [3.63, 3.8) is 0 Å². The summed E-state index contributed by atoms with van der Waals surface area (Å²) in [6, 6.07) is 8.82. The van der Waals surface area contributed by atoms with E-state index in [0.29, 0.717) is 17.0 Å². The van der Waals surface area contributed by atoms with Gasteiger partial charge in [0.1, 0.15) is 11.6 Å². The van der Waals surface area contributed by atoms with Gasteiger partial charge >= 0.3 is 6.09 Å². The zero-order valence-corrected chi connectivity index (χ0v) is 11.2. The van der Waals surface area contributed by atoms with Gasteiger partial charge in [0, 0.05) is 17.0 Å². The zero-order valence-electron chi connectivity index (χ0n) is 11.2. The first-order valence-corrected chi connectivity index (χ1v) is 5.86. The Bertz CT molecular complexity index is 683. The van der Waals surface area contributed by atoms with Crippen molar-refractivity contribution in [2.24, 2.45) is 5.73 Å². The monoisotopic (exact) mass is 273 g/mol. The first kappa shape index (κ1) is 13.7. The molecular formula is C14H15N3O3. The van der Waals surface area contributed by atoms with Gasteiger partial charge in [-0.1, -0.05) is 12.1 Å². The van der Waals surface area contributed by atoms with Crippen molar-refractivity contribution in [1.29, 1.82) is 5.41 Å². The molecule has 0 heterocycles. The summed E-state index contributed by atoms with van der Waals surface area (Å²) in [4.78, 5) is 11.4. The van der Waals surface area contributed by atoms with Gasteiger partial charge in [-0.3, -0.25) is 10.7 Å². The highest BCUT2D eigenvalue weighted by molar-refractivity contribution is 6.05. The maximum absolute atomic E-state index is 11.4. The highest BCUT2D eigenvalue weighted by Crippen LogP contribution is 2.30. The summed E-state index contributed by atoms with van der Waals surface area (Å²) in [5.74, 6) is 0.575. The van der Waals surface area contributed by atoms with Gasteiger partial charge in [-0.15, -0.1) is 0 Å². The normalized spacial score (nSPS) is 10.1. The van der Waals surface area contributed by atoms with Crippen LogP contribution < -0.4 is 15.8 Å². The molecule has 1 amide bonds. The van der Waals surface area contributed by atoms with E-state index in [4.69, 9.17) is 15.9 Å². The van der Waals surface area contributed by atoms with E-state index in [2.05, 4.69) is 10.1 Å². The molecule has 0 bridgehead atoms. The van der Waals surface area contributed by atoms with Crippen LogP contribution in [0, 0.1) is 5.41 Å². The molecule has 6 nitrogen and oxygen atoms in total. The molecule has 0 atom stereocenters. The number of fused-ring (bicyclic) bond motifs is 1. The van der Waals surface area contributed by atoms with Crippen molar-refractivity contribution < 1.29 is 14.3 Å². The zero-order chi connectivity index (χ0) is 14.7. The molecule has 2 aromatic carbocycles. The number of ether oxygens (including phenoxy) is 2. The smallest absolute Gasteiger partial charge is 0.411 e. The molecule has 0 aliphatic heterocycles. The number of nitrogens with two attached hydrogens (primary N) is 1. The highest BCUT2D eigenvalue weighted by atomic mass is 16.5. The van der Waals surface area contributed by atoms with Crippen LogP contribution in [-0.2, 0) is 4.74 Å². The number of amides is 1. The molecule has 2 aromatic rings. The number of carbonyl (C=O) groups is 1. The van der Waals surface area contributed by atoms with E-state index < -0.39 is 6.09 Å². The van der Waals surface area contributed by atoms with Crippen molar-refractivity contribution in [2.45, 2.75) is 0 Å². The fourth-order valence-electron chi connectivity index (χ4n) is 1.88. The van der Waals surface area contributed by atoms with Crippen molar-refractivity contribution in [1.82, 2.24) is 0 Å². The Morgan fingerprint density at radius 1 is 1.25 bits per heavy atom. The van der Waals surface area contributed by atoms with Crippen LogP contribution in [0.4, 0.5) is 10.5 Å². The van der Waals surface area contributed by atoms with Crippen molar-refractivity contribution in [3.05, 3.63) is 35.9 Å². The van der Waals surface area contributed by atoms with E-state index >= 15 is 0 Å². The number of hydrogen-bond acceptors (Lipinski definition) is 4. The summed E-state index contributed by atoms with van der Waals surface area (Å²) in [6.45, 7) is 0. The molecule has 2 rings (SSSR count). The van der Waals surface area contributed by atoms with Gasteiger partial charge in [-0.05, 0) is 17.5 Å². The quantitative estimate of drug-likeness (QED) is 0.590. The Balaban J connectivity index is 2.63. The van der Waals surface area contributed by atoms with Crippen LogP contribution in [0.25, 0.3) is 10.8 Å². The summed E-state index contributed by atoms with van der Waals surface area (Å²) >= 11 is 0. The Morgan fingerprint density at radius 3 is 2.60 bits per heavy atom. The lowest BCUT2D eigenvalue weighted by Gasteiger charge is -2.11. The third-order valence-corrected chi connectivity index (χ3v) is 2.90. The van der Waals surface area contributed by atoms with Crippen LogP contribution in [0.15, 0.2) is 30.3 Å². The van der Waals surface area contributed by atoms with Crippen molar-refractivity contribution in [2.75, 3.05) is 19.5 Å². The standard InChI is InChI=1S/C14H15N3O3/c1-19-10-5-8-3-4-9(13(15)16)6-11(8)12(7-10)17-14(18)20-2/h3-7H,1-2H3,(H3,15,16)(H,17,18). The second-order valence-corrected chi connectivity index (χ2v) is 4.14. The maximum Gasteiger partial charge on any atom is 0.411 e. The summed E-state index contributed by atoms with van der Waals surface area (Å²) < 4.78 is 9.79. The molecule has 0 aromatic heterocycles. The molecule has 20 heavy (non-hydrogen) atoms. The van der Waals surface area contributed by atoms with E-state index in [1.54, 1.807) is 25.3 Å². The van der Waals surface area contributed by atoms with Gasteiger partial charge in [0.15, 0.2) is 0 Å². The van der Waals surface area contributed by atoms with Crippen molar-refractivity contribution >= 4 is 28.4 Å². The van der Waals surface area contributed by atoms with Crippen LogP contribution in [0.3, 0.4) is 0 Å². The minimum atomic E-state index is -0.576. The molecule has 104 valence electrons. The molecule has 4 N–H and O–H groups in total. The topological polar surface area (TPSA) is 97.4 Å². The first-order chi connectivity index (χ1) is 9.55. The van der Waals surface area contributed by atoms with Gasteiger partial charge in [0.05, 0.1) is 19.9 Å². The lowest BCUT2D eigenvalue weighted by molar-refractivity contribution is 0.187. The summed E-state index contributed by atoms with van der Waals surface area (Å²) in [5, 5.41) is 11.7. The van der Waals surface area contributed by atoms with Crippen LogP contribution >= 0.6 is 0 Å². The average Bonchev–Trinajstić information content (AvgIpc) is 2.46. The fourth-order valence-corrected chi connectivity index (χ4v) is 1.88. The molecule has 0 unspecified atom stereocenters. The number of rotatable bonds is 3. The fraction of sp³-hybridized carbons (Fsp3) is 0.143. The Hall–Kier alpha value is -2.76. The van der Waals surface area contributed by atoms with E-state index in [1.807, 2.05) is 12.1 Å². The third kappa shape index (κ3) is 2.64. The van der Waals surface area contributed by atoms with Crippen LogP contribution in [0.2, 0.25) is 0 Å². The van der Waals surface area contributed by atoms with Crippen LogP contribution in [-0.4, -0.2) is 26.1 Å². The number of nitrogen functional groups attached to an aromatic ring is 1. The molecule has 0 aliphatic carbocycles. The molecule has 0 fully saturated rings. The molecule has 0 radical (unpaired) electrons. The Labute approximate surface area is 116 Å². The summed E-state index contributed by atoms with van der Waals surface area (Å²) in [6.07, 6.45) is -0.576. The molecule has 6 heteroatoms. The predicted octanol–water partition coefficient (Wildman–Crippen LogP) is 2.31.